The van der Waals surface area contributed by atoms with Crippen molar-refractivity contribution in [1.82, 2.24) is 4.90 Å². The van der Waals surface area contributed by atoms with Gasteiger partial charge in [-0.2, -0.15) is 0 Å². The van der Waals surface area contributed by atoms with Gasteiger partial charge in [0.15, 0.2) is 0 Å². The highest BCUT2D eigenvalue weighted by Crippen LogP contribution is 2.37. The van der Waals surface area contributed by atoms with E-state index < -0.39 is 5.60 Å². The number of fused-ring (bicyclic) bond motifs is 2. The van der Waals surface area contributed by atoms with Gasteiger partial charge in [0.2, 0.25) is 0 Å². The van der Waals surface area contributed by atoms with Crippen molar-refractivity contribution < 1.29 is 24.1 Å². The molecule has 1 amide bonds. The van der Waals surface area contributed by atoms with Gasteiger partial charge in [-0.3, -0.25) is 4.90 Å². The molecule has 2 heterocycles. The molecule has 6 nitrogen and oxygen atoms in total. The Labute approximate surface area is 148 Å². The zero-order chi connectivity index (χ0) is 17.7. The van der Waals surface area contributed by atoms with Crippen molar-refractivity contribution in [3.05, 3.63) is 35.9 Å². The quantitative estimate of drug-likeness (QED) is 0.799. The number of ether oxygens (including phenoxy) is 3. The van der Waals surface area contributed by atoms with Crippen LogP contribution in [-0.2, 0) is 20.8 Å². The highest BCUT2D eigenvalue weighted by Gasteiger charge is 2.48. The van der Waals surface area contributed by atoms with Crippen molar-refractivity contribution in [2.24, 2.45) is 0 Å². The average molecular weight is 349 g/mol. The van der Waals surface area contributed by atoms with E-state index in [0.717, 1.165) is 5.56 Å². The Morgan fingerprint density at radius 2 is 1.96 bits per heavy atom. The van der Waals surface area contributed by atoms with Crippen LogP contribution in [-0.4, -0.2) is 60.2 Å². The third kappa shape index (κ3) is 4.51. The summed E-state index contributed by atoms with van der Waals surface area (Å²) in [6, 6.07) is 9.33. The van der Waals surface area contributed by atoms with Crippen molar-refractivity contribution >= 4 is 6.09 Å². The smallest absolute Gasteiger partial charge is 0.410 e. The summed E-state index contributed by atoms with van der Waals surface area (Å²) >= 11 is 0. The second kappa shape index (κ2) is 8.17. The normalized spacial score (nSPS) is 28.6. The van der Waals surface area contributed by atoms with E-state index in [4.69, 9.17) is 14.2 Å². The van der Waals surface area contributed by atoms with Crippen molar-refractivity contribution in [3.8, 4) is 0 Å². The molecule has 6 heteroatoms. The van der Waals surface area contributed by atoms with E-state index >= 15 is 0 Å². The number of carbonyl (C=O) groups excluding carboxylic acids is 1. The summed E-state index contributed by atoms with van der Waals surface area (Å²) < 4.78 is 16.5. The predicted octanol–water partition coefficient (Wildman–Crippen LogP) is 2.34. The van der Waals surface area contributed by atoms with Gasteiger partial charge in [0.25, 0.3) is 0 Å². The van der Waals surface area contributed by atoms with E-state index in [1.165, 1.54) is 0 Å². The lowest BCUT2D eigenvalue weighted by Gasteiger charge is -2.50. The SMILES string of the molecule is CCOCCC1(O)CC2COCC(C1)N2C(=O)OCc1ccccc1. The molecule has 0 aromatic heterocycles. The zero-order valence-electron chi connectivity index (χ0n) is 14.7. The Hall–Kier alpha value is -1.63. The number of nitrogens with zero attached hydrogens (tertiary/aromatic N) is 1. The Bertz CT molecular complexity index is 550. The van der Waals surface area contributed by atoms with Crippen molar-refractivity contribution in [2.75, 3.05) is 26.4 Å². The summed E-state index contributed by atoms with van der Waals surface area (Å²) in [5, 5.41) is 10.9. The molecule has 1 aromatic rings. The molecule has 3 rings (SSSR count). The maximum atomic E-state index is 12.6. The minimum Gasteiger partial charge on any atom is -0.445 e. The Morgan fingerprint density at radius 3 is 2.60 bits per heavy atom. The predicted molar refractivity (Wildman–Crippen MR) is 92.2 cm³/mol. The zero-order valence-corrected chi connectivity index (χ0v) is 14.7. The van der Waals surface area contributed by atoms with Gasteiger partial charge < -0.3 is 19.3 Å². The van der Waals surface area contributed by atoms with Crippen LogP contribution in [0.5, 0.6) is 0 Å². The fourth-order valence-corrected chi connectivity index (χ4v) is 3.78. The number of carbonyl (C=O) groups is 1. The molecule has 1 N–H and O–H groups in total. The second-order valence-corrected chi connectivity index (χ2v) is 6.87. The first-order valence-corrected chi connectivity index (χ1v) is 8.98. The topological polar surface area (TPSA) is 68.2 Å². The van der Waals surface area contributed by atoms with Gasteiger partial charge in [-0.15, -0.1) is 0 Å². The number of aliphatic hydroxyl groups is 1. The van der Waals surface area contributed by atoms with Crippen LogP contribution < -0.4 is 0 Å². The van der Waals surface area contributed by atoms with Crippen LogP contribution >= 0.6 is 0 Å². The van der Waals surface area contributed by atoms with Crippen LogP contribution in [0.4, 0.5) is 4.79 Å². The Morgan fingerprint density at radius 1 is 1.28 bits per heavy atom. The van der Waals surface area contributed by atoms with E-state index in [0.29, 0.717) is 45.7 Å². The summed E-state index contributed by atoms with van der Waals surface area (Å²) in [6.07, 6.45) is 1.25. The Balaban J connectivity index is 1.60. The molecular formula is C19H27NO5. The molecule has 0 radical (unpaired) electrons. The fourth-order valence-electron chi connectivity index (χ4n) is 3.78. The minimum absolute atomic E-state index is 0.151. The molecule has 2 aliphatic rings. The summed E-state index contributed by atoms with van der Waals surface area (Å²) in [7, 11) is 0. The summed E-state index contributed by atoms with van der Waals surface area (Å²) in [5.41, 5.74) is 0.160. The largest absolute Gasteiger partial charge is 0.445 e. The van der Waals surface area contributed by atoms with Crippen LogP contribution in [0.2, 0.25) is 0 Å². The van der Waals surface area contributed by atoms with E-state index in [9.17, 15) is 9.90 Å². The first kappa shape index (κ1) is 18.2. The number of morpholine rings is 1. The monoisotopic (exact) mass is 349 g/mol. The molecule has 0 saturated carbocycles. The molecule has 0 aliphatic carbocycles. The molecule has 25 heavy (non-hydrogen) atoms. The molecule has 2 fully saturated rings. The number of hydrogen-bond acceptors (Lipinski definition) is 5. The number of piperidine rings is 1. The number of amides is 1. The molecule has 2 bridgehead atoms. The molecule has 2 atom stereocenters. The maximum Gasteiger partial charge on any atom is 0.410 e. The second-order valence-electron chi connectivity index (χ2n) is 6.87. The third-order valence-electron chi connectivity index (χ3n) is 4.97. The van der Waals surface area contributed by atoms with Gasteiger partial charge >= 0.3 is 6.09 Å². The fraction of sp³-hybridized carbons (Fsp3) is 0.632. The van der Waals surface area contributed by atoms with Crippen molar-refractivity contribution in [3.63, 3.8) is 0 Å². The van der Waals surface area contributed by atoms with E-state index in [-0.39, 0.29) is 24.8 Å². The highest BCUT2D eigenvalue weighted by molar-refractivity contribution is 5.69. The molecule has 0 spiro atoms. The molecule has 2 unspecified atom stereocenters. The average Bonchev–Trinajstić information content (AvgIpc) is 2.60. The lowest BCUT2D eigenvalue weighted by atomic mass is 9.79. The standard InChI is InChI=1S/C19H27NO5/c1-2-23-9-8-19(22)10-16-13-24-14-17(11-19)20(16)18(21)25-12-15-6-4-3-5-7-15/h3-7,16-17,22H,2,8-14H2,1H3. The minimum atomic E-state index is -0.801. The molecular weight excluding hydrogens is 322 g/mol. The molecule has 2 saturated heterocycles. The van der Waals surface area contributed by atoms with Gasteiger partial charge in [0.1, 0.15) is 6.61 Å². The molecule has 138 valence electrons. The van der Waals surface area contributed by atoms with E-state index in [1.54, 1.807) is 4.90 Å². The first-order chi connectivity index (χ1) is 12.1. The van der Waals surface area contributed by atoms with Crippen LogP contribution in [0, 0.1) is 0 Å². The van der Waals surface area contributed by atoms with Gasteiger partial charge in [0.05, 0.1) is 30.9 Å². The van der Waals surface area contributed by atoms with E-state index in [1.807, 2.05) is 37.3 Å². The van der Waals surface area contributed by atoms with Crippen molar-refractivity contribution in [2.45, 2.75) is 50.5 Å². The van der Waals surface area contributed by atoms with Crippen molar-refractivity contribution in [1.29, 1.82) is 0 Å². The number of rotatable bonds is 6. The Kier molecular flexibility index (Phi) is 5.93. The van der Waals surface area contributed by atoms with Gasteiger partial charge in [-0.05, 0) is 31.7 Å². The highest BCUT2D eigenvalue weighted by atomic mass is 16.6. The summed E-state index contributed by atoms with van der Waals surface area (Å²) in [4.78, 5) is 14.4. The van der Waals surface area contributed by atoms with Crippen LogP contribution in [0.1, 0.15) is 31.7 Å². The maximum absolute atomic E-state index is 12.6. The van der Waals surface area contributed by atoms with Crippen LogP contribution in [0.3, 0.4) is 0 Å². The molecule has 2 aliphatic heterocycles. The van der Waals surface area contributed by atoms with Crippen LogP contribution in [0.25, 0.3) is 0 Å². The first-order valence-electron chi connectivity index (χ1n) is 8.98. The lowest BCUT2D eigenvalue weighted by molar-refractivity contribution is -0.140. The third-order valence-corrected chi connectivity index (χ3v) is 4.97. The number of hydrogen-bond donors (Lipinski definition) is 1. The number of benzene rings is 1. The van der Waals surface area contributed by atoms with Gasteiger partial charge in [0, 0.05) is 13.2 Å². The summed E-state index contributed by atoms with van der Waals surface area (Å²) in [6.45, 7) is 4.25. The summed E-state index contributed by atoms with van der Waals surface area (Å²) in [5.74, 6) is 0. The van der Waals surface area contributed by atoms with E-state index in [2.05, 4.69) is 0 Å². The van der Waals surface area contributed by atoms with Gasteiger partial charge in [-0.1, -0.05) is 30.3 Å². The van der Waals surface area contributed by atoms with Gasteiger partial charge in [-0.25, -0.2) is 4.79 Å². The van der Waals surface area contributed by atoms with Crippen LogP contribution in [0.15, 0.2) is 30.3 Å². The lowest BCUT2D eigenvalue weighted by Crippen LogP contribution is -2.63. The molecule has 1 aromatic carbocycles.